The van der Waals surface area contributed by atoms with Crippen molar-refractivity contribution in [3.63, 3.8) is 0 Å². The van der Waals surface area contributed by atoms with Crippen molar-refractivity contribution in [3.05, 3.63) is 59.2 Å². The minimum atomic E-state index is -0.555. The zero-order valence-corrected chi connectivity index (χ0v) is 15.8. The van der Waals surface area contributed by atoms with Gasteiger partial charge in [-0.2, -0.15) is 4.98 Å². The number of benzene rings is 2. The molecular weight excluding hydrogens is 385 g/mol. The summed E-state index contributed by atoms with van der Waals surface area (Å²) in [6.07, 6.45) is 0.247. The summed E-state index contributed by atoms with van der Waals surface area (Å²) in [6.45, 7) is 2.80. The second kappa shape index (κ2) is 7.59. The number of hydrogen-bond donors (Lipinski definition) is 0. The van der Waals surface area contributed by atoms with Crippen LogP contribution in [0.4, 0.5) is 10.1 Å². The zero-order valence-electron chi connectivity index (χ0n) is 15.1. The van der Waals surface area contributed by atoms with Gasteiger partial charge in [0, 0.05) is 18.5 Å². The van der Waals surface area contributed by atoms with Crippen LogP contribution >= 0.6 is 11.6 Å². The number of amides is 1. The summed E-state index contributed by atoms with van der Waals surface area (Å²) >= 11 is 5.71. The summed E-state index contributed by atoms with van der Waals surface area (Å²) in [6, 6.07) is 11.7. The first kappa shape index (κ1) is 18.4. The van der Waals surface area contributed by atoms with Gasteiger partial charge in [0.05, 0.1) is 23.2 Å². The van der Waals surface area contributed by atoms with E-state index in [2.05, 4.69) is 10.1 Å². The number of ether oxygens (including phenoxy) is 1. The lowest BCUT2D eigenvalue weighted by Crippen LogP contribution is -2.25. The maximum atomic E-state index is 13.7. The van der Waals surface area contributed by atoms with Crippen molar-refractivity contribution in [2.24, 2.45) is 0 Å². The van der Waals surface area contributed by atoms with E-state index in [1.54, 1.807) is 11.0 Å². The highest BCUT2D eigenvalue weighted by molar-refractivity contribution is 6.30. The molecule has 1 aromatic heterocycles. The summed E-state index contributed by atoms with van der Waals surface area (Å²) < 4.78 is 24.7. The zero-order chi connectivity index (χ0) is 19.7. The fourth-order valence-electron chi connectivity index (χ4n) is 3.22. The molecule has 3 aromatic rings. The Kier molecular flexibility index (Phi) is 5.00. The van der Waals surface area contributed by atoms with Gasteiger partial charge in [-0.25, -0.2) is 4.39 Å². The highest BCUT2D eigenvalue weighted by Crippen LogP contribution is 2.36. The van der Waals surface area contributed by atoms with E-state index in [1.807, 2.05) is 31.2 Å². The monoisotopic (exact) mass is 401 g/mol. The highest BCUT2D eigenvalue weighted by atomic mass is 35.5. The summed E-state index contributed by atoms with van der Waals surface area (Å²) in [5.74, 6) is 0.401. The number of anilines is 1. The quantitative estimate of drug-likeness (QED) is 0.631. The first-order valence-electron chi connectivity index (χ1n) is 8.88. The number of aromatic nitrogens is 2. The van der Waals surface area contributed by atoms with Gasteiger partial charge in [0.15, 0.2) is 0 Å². The topological polar surface area (TPSA) is 68.5 Å². The van der Waals surface area contributed by atoms with Crippen molar-refractivity contribution in [2.75, 3.05) is 18.1 Å². The van der Waals surface area contributed by atoms with E-state index in [0.717, 1.165) is 5.69 Å². The molecule has 1 aliphatic heterocycles. The number of halogens is 2. The first-order valence-corrected chi connectivity index (χ1v) is 9.26. The van der Waals surface area contributed by atoms with Gasteiger partial charge in [-0.15, -0.1) is 0 Å². The second-order valence-electron chi connectivity index (χ2n) is 6.39. The molecule has 1 unspecified atom stereocenters. The summed E-state index contributed by atoms with van der Waals surface area (Å²) in [5.41, 5.74) is 1.18. The van der Waals surface area contributed by atoms with E-state index in [-0.39, 0.29) is 29.1 Å². The van der Waals surface area contributed by atoms with Crippen molar-refractivity contribution < 1.29 is 18.4 Å². The molecule has 1 aliphatic rings. The Labute approximate surface area is 165 Å². The molecule has 144 valence electrons. The summed E-state index contributed by atoms with van der Waals surface area (Å²) in [4.78, 5) is 18.6. The molecule has 1 amide bonds. The van der Waals surface area contributed by atoms with Crippen molar-refractivity contribution in [3.8, 4) is 17.1 Å². The highest BCUT2D eigenvalue weighted by Gasteiger charge is 2.36. The maximum Gasteiger partial charge on any atom is 0.232 e. The van der Waals surface area contributed by atoms with Crippen LogP contribution in [0, 0.1) is 5.82 Å². The molecule has 1 saturated heterocycles. The molecule has 8 heteroatoms. The third kappa shape index (κ3) is 3.45. The Morgan fingerprint density at radius 3 is 2.93 bits per heavy atom. The molecule has 1 fully saturated rings. The lowest BCUT2D eigenvalue weighted by Gasteiger charge is -2.19. The molecule has 0 N–H and O–H groups in total. The Bertz CT molecular complexity index is 1020. The SMILES string of the molecule is CCOc1ccccc1N1CC(c2nc(-c3ccc(Cl)c(F)c3)no2)CC1=O. The van der Waals surface area contributed by atoms with Gasteiger partial charge < -0.3 is 14.2 Å². The lowest BCUT2D eigenvalue weighted by molar-refractivity contribution is -0.117. The average molecular weight is 402 g/mol. The van der Waals surface area contributed by atoms with Gasteiger partial charge in [-0.3, -0.25) is 4.79 Å². The van der Waals surface area contributed by atoms with E-state index in [0.29, 0.717) is 30.4 Å². The standard InChI is InChI=1S/C20H17ClFN3O3/c1-2-27-17-6-4-3-5-16(17)25-11-13(10-18(25)26)20-23-19(24-28-20)12-7-8-14(21)15(22)9-12/h3-9,13H,2,10-11H2,1H3. The molecule has 0 saturated carbocycles. The number of rotatable bonds is 5. The Morgan fingerprint density at radius 2 is 2.14 bits per heavy atom. The molecule has 0 aliphatic carbocycles. The van der Waals surface area contributed by atoms with Crippen LogP contribution in [-0.4, -0.2) is 29.2 Å². The number of hydrogen-bond acceptors (Lipinski definition) is 5. The first-order chi connectivity index (χ1) is 13.6. The molecule has 0 spiro atoms. The predicted molar refractivity (Wildman–Crippen MR) is 102 cm³/mol. The number of carbonyl (C=O) groups excluding carboxylic acids is 1. The molecule has 0 radical (unpaired) electrons. The van der Waals surface area contributed by atoms with Crippen LogP contribution in [0.1, 0.15) is 25.2 Å². The number of para-hydroxylation sites is 2. The average Bonchev–Trinajstić information content (AvgIpc) is 3.32. The third-order valence-corrected chi connectivity index (χ3v) is 4.86. The smallest absolute Gasteiger partial charge is 0.232 e. The molecule has 2 aromatic carbocycles. The molecule has 1 atom stereocenters. The van der Waals surface area contributed by atoms with Crippen LogP contribution in [0.2, 0.25) is 5.02 Å². The Morgan fingerprint density at radius 1 is 1.32 bits per heavy atom. The van der Waals surface area contributed by atoms with Crippen molar-refractivity contribution in [2.45, 2.75) is 19.3 Å². The largest absolute Gasteiger partial charge is 0.492 e. The van der Waals surface area contributed by atoms with Crippen LogP contribution < -0.4 is 9.64 Å². The van der Waals surface area contributed by atoms with Gasteiger partial charge in [0.1, 0.15) is 11.6 Å². The molecular formula is C20H17ClFN3O3. The minimum Gasteiger partial charge on any atom is -0.492 e. The van der Waals surface area contributed by atoms with Crippen molar-refractivity contribution >= 4 is 23.2 Å². The Balaban J connectivity index is 1.57. The normalized spacial score (nSPS) is 16.6. The van der Waals surface area contributed by atoms with Crippen LogP contribution in [0.25, 0.3) is 11.4 Å². The lowest BCUT2D eigenvalue weighted by atomic mass is 10.1. The van der Waals surface area contributed by atoms with Gasteiger partial charge in [0.25, 0.3) is 0 Å². The molecule has 2 heterocycles. The van der Waals surface area contributed by atoms with Gasteiger partial charge in [-0.05, 0) is 37.3 Å². The van der Waals surface area contributed by atoms with Crippen LogP contribution in [0.5, 0.6) is 5.75 Å². The van der Waals surface area contributed by atoms with Crippen LogP contribution in [-0.2, 0) is 4.79 Å². The molecule has 4 rings (SSSR count). The predicted octanol–water partition coefficient (Wildman–Crippen LogP) is 4.45. The van der Waals surface area contributed by atoms with Gasteiger partial charge in [0.2, 0.25) is 17.6 Å². The van der Waals surface area contributed by atoms with Crippen molar-refractivity contribution in [1.82, 2.24) is 10.1 Å². The van der Waals surface area contributed by atoms with Crippen LogP contribution in [0.15, 0.2) is 47.0 Å². The van der Waals surface area contributed by atoms with Gasteiger partial charge in [-0.1, -0.05) is 28.9 Å². The third-order valence-electron chi connectivity index (χ3n) is 4.55. The van der Waals surface area contributed by atoms with Crippen molar-refractivity contribution in [1.29, 1.82) is 0 Å². The Hall–Kier alpha value is -2.93. The number of carbonyl (C=O) groups is 1. The van der Waals surface area contributed by atoms with E-state index < -0.39 is 5.82 Å². The fourth-order valence-corrected chi connectivity index (χ4v) is 3.33. The summed E-state index contributed by atoms with van der Waals surface area (Å²) in [7, 11) is 0. The maximum absolute atomic E-state index is 13.7. The fraction of sp³-hybridized carbons (Fsp3) is 0.250. The van der Waals surface area contributed by atoms with E-state index >= 15 is 0 Å². The molecule has 6 nitrogen and oxygen atoms in total. The van der Waals surface area contributed by atoms with E-state index in [9.17, 15) is 9.18 Å². The number of nitrogens with zero attached hydrogens (tertiary/aromatic N) is 3. The van der Waals surface area contributed by atoms with E-state index in [4.69, 9.17) is 20.9 Å². The summed E-state index contributed by atoms with van der Waals surface area (Å²) in [5, 5.41) is 3.95. The van der Waals surface area contributed by atoms with E-state index in [1.165, 1.54) is 12.1 Å². The van der Waals surface area contributed by atoms with Gasteiger partial charge >= 0.3 is 0 Å². The minimum absolute atomic E-state index is 0.0254. The molecule has 0 bridgehead atoms. The van der Waals surface area contributed by atoms with Crippen LogP contribution in [0.3, 0.4) is 0 Å². The second-order valence-corrected chi connectivity index (χ2v) is 6.80. The molecule has 28 heavy (non-hydrogen) atoms.